The summed E-state index contributed by atoms with van der Waals surface area (Å²) in [5.41, 5.74) is -0.0297. The van der Waals surface area contributed by atoms with Gasteiger partial charge in [0.15, 0.2) is 6.29 Å². The van der Waals surface area contributed by atoms with Gasteiger partial charge in [0.05, 0.1) is 25.3 Å². The minimum atomic E-state index is -1.03. The monoisotopic (exact) mass is 306 g/mol. The van der Waals surface area contributed by atoms with E-state index >= 15 is 0 Å². The molecular formula is C16H12F2O4. The molecule has 0 N–H and O–H groups in total. The quantitative estimate of drug-likeness (QED) is 0.643. The fourth-order valence-corrected chi connectivity index (χ4v) is 2.11. The number of ether oxygens (including phenoxy) is 2. The maximum Gasteiger partial charge on any atom is 0.340 e. The minimum Gasteiger partial charge on any atom is -0.495 e. The largest absolute Gasteiger partial charge is 0.495 e. The molecule has 0 amide bonds. The van der Waals surface area contributed by atoms with Crippen LogP contribution in [-0.2, 0) is 4.74 Å². The highest BCUT2D eigenvalue weighted by molar-refractivity contribution is 5.93. The summed E-state index contributed by atoms with van der Waals surface area (Å²) in [5, 5.41) is 0. The molecule has 4 nitrogen and oxygen atoms in total. The van der Waals surface area contributed by atoms with Crippen LogP contribution in [0.3, 0.4) is 0 Å². The molecule has 114 valence electrons. The second-order valence-electron chi connectivity index (χ2n) is 4.35. The summed E-state index contributed by atoms with van der Waals surface area (Å²) in [6.07, 6.45) is 0.560. The molecule has 0 spiro atoms. The number of hydrogen-bond donors (Lipinski definition) is 0. The van der Waals surface area contributed by atoms with Crippen molar-refractivity contribution in [3.05, 3.63) is 53.1 Å². The lowest BCUT2D eigenvalue weighted by Crippen LogP contribution is -2.06. The van der Waals surface area contributed by atoms with Crippen LogP contribution in [0.2, 0.25) is 0 Å². The van der Waals surface area contributed by atoms with Crippen LogP contribution in [0.4, 0.5) is 8.78 Å². The molecule has 0 bridgehead atoms. The van der Waals surface area contributed by atoms with E-state index in [9.17, 15) is 18.4 Å². The summed E-state index contributed by atoms with van der Waals surface area (Å²) in [4.78, 5) is 22.6. The minimum absolute atomic E-state index is 0.0673. The Morgan fingerprint density at radius 3 is 2.41 bits per heavy atom. The van der Waals surface area contributed by atoms with Crippen molar-refractivity contribution in [2.24, 2.45) is 0 Å². The summed E-state index contributed by atoms with van der Waals surface area (Å²) < 4.78 is 37.4. The van der Waals surface area contributed by atoms with Gasteiger partial charge in [0.2, 0.25) is 0 Å². The molecule has 0 radical (unpaired) electrons. The predicted molar refractivity (Wildman–Crippen MR) is 75.1 cm³/mol. The highest BCUT2D eigenvalue weighted by Gasteiger charge is 2.20. The lowest BCUT2D eigenvalue weighted by Gasteiger charge is -2.13. The Labute approximate surface area is 125 Å². The second kappa shape index (κ2) is 6.34. The first-order valence-corrected chi connectivity index (χ1v) is 6.23. The predicted octanol–water partition coefficient (Wildman–Crippen LogP) is 3.24. The Balaban J connectivity index is 2.72. The summed E-state index contributed by atoms with van der Waals surface area (Å²) in [6, 6.07) is 6.15. The van der Waals surface area contributed by atoms with Crippen molar-refractivity contribution in [3.63, 3.8) is 0 Å². The molecule has 0 fully saturated rings. The molecule has 0 unspecified atom stereocenters. The molecule has 0 aliphatic heterocycles. The number of esters is 1. The highest BCUT2D eigenvalue weighted by atomic mass is 19.1. The topological polar surface area (TPSA) is 52.6 Å². The van der Waals surface area contributed by atoms with Crippen LogP contribution in [-0.4, -0.2) is 26.5 Å². The molecule has 2 aromatic rings. The fraction of sp³-hybridized carbons (Fsp3) is 0.125. The zero-order valence-corrected chi connectivity index (χ0v) is 11.9. The molecule has 0 atom stereocenters. The van der Waals surface area contributed by atoms with Crippen molar-refractivity contribution < 1.29 is 27.8 Å². The number of benzene rings is 2. The van der Waals surface area contributed by atoms with Crippen LogP contribution in [0.15, 0.2) is 30.3 Å². The number of carbonyl (C=O) groups is 2. The van der Waals surface area contributed by atoms with E-state index in [0.717, 1.165) is 13.2 Å². The van der Waals surface area contributed by atoms with Gasteiger partial charge in [-0.25, -0.2) is 13.6 Å². The van der Waals surface area contributed by atoms with Crippen molar-refractivity contribution >= 4 is 12.3 Å². The van der Waals surface area contributed by atoms with Crippen molar-refractivity contribution in [2.75, 3.05) is 14.2 Å². The van der Waals surface area contributed by atoms with Crippen LogP contribution in [0.5, 0.6) is 5.75 Å². The van der Waals surface area contributed by atoms with E-state index in [0.29, 0.717) is 12.4 Å². The Hall–Kier alpha value is -2.76. The first-order valence-electron chi connectivity index (χ1n) is 6.23. The molecule has 0 aliphatic carbocycles. The van der Waals surface area contributed by atoms with Gasteiger partial charge in [0, 0.05) is 17.2 Å². The molecule has 2 rings (SSSR count). The van der Waals surface area contributed by atoms with Gasteiger partial charge < -0.3 is 9.47 Å². The lowest BCUT2D eigenvalue weighted by molar-refractivity contribution is 0.0595. The normalized spacial score (nSPS) is 10.2. The second-order valence-corrected chi connectivity index (χ2v) is 4.35. The smallest absolute Gasteiger partial charge is 0.340 e. The van der Waals surface area contributed by atoms with Crippen LogP contribution in [0, 0.1) is 11.6 Å². The highest BCUT2D eigenvalue weighted by Crippen LogP contribution is 2.35. The third-order valence-electron chi connectivity index (χ3n) is 3.13. The van der Waals surface area contributed by atoms with Crippen LogP contribution in [0.1, 0.15) is 20.7 Å². The maximum atomic E-state index is 14.1. The third kappa shape index (κ3) is 2.67. The molecule has 0 aliphatic rings. The van der Waals surface area contributed by atoms with E-state index in [4.69, 9.17) is 4.74 Å². The zero-order valence-electron chi connectivity index (χ0n) is 11.9. The first kappa shape index (κ1) is 15.6. The summed E-state index contributed by atoms with van der Waals surface area (Å²) >= 11 is 0. The van der Waals surface area contributed by atoms with E-state index in [-0.39, 0.29) is 22.4 Å². The molecule has 2 aromatic carbocycles. The Morgan fingerprint density at radius 1 is 1.09 bits per heavy atom. The van der Waals surface area contributed by atoms with E-state index in [2.05, 4.69) is 4.74 Å². The molecule has 22 heavy (non-hydrogen) atoms. The Bertz CT molecular complexity index is 741. The van der Waals surface area contributed by atoms with Gasteiger partial charge in [0.1, 0.15) is 17.4 Å². The average Bonchev–Trinajstić information content (AvgIpc) is 2.53. The number of halogens is 2. The van der Waals surface area contributed by atoms with Gasteiger partial charge in [-0.1, -0.05) is 12.1 Å². The van der Waals surface area contributed by atoms with Crippen molar-refractivity contribution in [1.29, 1.82) is 0 Å². The van der Waals surface area contributed by atoms with Gasteiger partial charge in [-0.15, -0.1) is 0 Å². The van der Waals surface area contributed by atoms with Gasteiger partial charge in [0.25, 0.3) is 0 Å². The molecule has 0 aromatic heterocycles. The van der Waals surface area contributed by atoms with E-state index < -0.39 is 23.2 Å². The van der Waals surface area contributed by atoms with Gasteiger partial charge >= 0.3 is 5.97 Å². The SMILES string of the molecule is COC(=O)c1cc(-c2cccc(C=O)c2OC)c(F)cc1F. The van der Waals surface area contributed by atoms with Crippen LogP contribution in [0.25, 0.3) is 11.1 Å². The maximum absolute atomic E-state index is 14.1. The number of carbonyl (C=O) groups excluding carboxylic acids is 2. The standard InChI is InChI=1S/C16H12F2O4/c1-21-15-9(8-19)4-3-5-10(15)11-6-12(16(20)22-2)14(18)7-13(11)17/h3-8H,1-2H3. The van der Waals surface area contributed by atoms with Crippen LogP contribution >= 0.6 is 0 Å². The molecular weight excluding hydrogens is 294 g/mol. The molecule has 0 heterocycles. The fourth-order valence-electron chi connectivity index (χ4n) is 2.11. The summed E-state index contributed by atoms with van der Waals surface area (Å²) in [7, 11) is 2.42. The molecule has 6 heteroatoms. The van der Waals surface area contributed by atoms with Crippen molar-refractivity contribution in [1.82, 2.24) is 0 Å². The van der Waals surface area contributed by atoms with Gasteiger partial charge in [-0.2, -0.15) is 0 Å². The van der Waals surface area contributed by atoms with E-state index in [1.165, 1.54) is 25.3 Å². The third-order valence-corrected chi connectivity index (χ3v) is 3.13. The Morgan fingerprint density at radius 2 is 1.82 bits per heavy atom. The molecule has 0 saturated carbocycles. The molecule has 0 saturated heterocycles. The lowest BCUT2D eigenvalue weighted by atomic mass is 9.99. The van der Waals surface area contributed by atoms with Crippen LogP contribution < -0.4 is 4.74 Å². The van der Waals surface area contributed by atoms with Crippen molar-refractivity contribution in [2.45, 2.75) is 0 Å². The van der Waals surface area contributed by atoms with Gasteiger partial charge in [-0.05, 0) is 12.1 Å². The van der Waals surface area contributed by atoms with E-state index in [1.54, 1.807) is 0 Å². The number of aldehydes is 1. The first-order chi connectivity index (χ1) is 10.5. The summed E-state index contributed by atoms with van der Waals surface area (Å²) in [5.74, 6) is -2.70. The number of hydrogen-bond acceptors (Lipinski definition) is 4. The van der Waals surface area contributed by atoms with E-state index in [1.807, 2.05) is 0 Å². The van der Waals surface area contributed by atoms with Crippen molar-refractivity contribution in [3.8, 4) is 16.9 Å². The summed E-state index contributed by atoms with van der Waals surface area (Å²) in [6.45, 7) is 0. The van der Waals surface area contributed by atoms with Gasteiger partial charge in [-0.3, -0.25) is 4.79 Å². The Kier molecular flexibility index (Phi) is 4.50. The number of methoxy groups -OCH3 is 2. The zero-order chi connectivity index (χ0) is 16.3. The number of para-hydroxylation sites is 1. The number of rotatable bonds is 4. The average molecular weight is 306 g/mol.